The minimum Gasteiger partial charge on any atom is -0.494 e. The molecule has 0 saturated carbocycles. The summed E-state index contributed by atoms with van der Waals surface area (Å²) in [5.74, 6) is 2.83. The maximum Gasteiger partial charge on any atom is 0.321 e. The van der Waals surface area contributed by atoms with Crippen LogP contribution in [-0.2, 0) is 4.79 Å². The fourth-order valence-corrected chi connectivity index (χ4v) is 4.54. The molecule has 3 amide bonds. The molecule has 0 unspecified atom stereocenters. The summed E-state index contributed by atoms with van der Waals surface area (Å²) in [7, 11) is 1.54. The summed E-state index contributed by atoms with van der Waals surface area (Å²) in [6, 6.07) is 12.4. The third-order valence-electron chi connectivity index (χ3n) is 5.23. The molecule has 0 atom stereocenters. The number of carbonyl (C=O) groups excluding carboxylic acids is 2. The monoisotopic (exact) mass is 527 g/mol. The van der Waals surface area contributed by atoms with E-state index in [0.717, 1.165) is 24.6 Å². The van der Waals surface area contributed by atoms with E-state index in [4.69, 9.17) is 16.3 Å². The normalized spacial score (nSPS) is 13.0. The zero-order valence-corrected chi connectivity index (χ0v) is 21.4. The first-order valence-corrected chi connectivity index (χ1v) is 12.7. The number of urea groups is 1. The average molecular weight is 528 g/mol. The number of ether oxygens (including phenoxy) is 1. The van der Waals surface area contributed by atoms with Crippen molar-refractivity contribution in [2.45, 2.75) is 6.92 Å². The second-order valence-electron chi connectivity index (χ2n) is 7.81. The standard InChI is InChI=1S/C24H26ClN7O3S/c1-15(33)27-18-5-3-4-6-19(18)29-22-17(25)14-26-23(31-22)30-20-8-7-16(13-21(20)35-2)28-24(34)32-9-11-36-12-10-32/h3-8,13-14H,9-12H2,1-2H3,(H,27,33)(H,28,34)(H2,26,29,30,31). The highest BCUT2D eigenvalue weighted by atomic mass is 35.5. The zero-order valence-electron chi connectivity index (χ0n) is 19.8. The molecule has 188 valence electrons. The molecule has 1 aliphatic heterocycles. The quantitative estimate of drug-likeness (QED) is 0.332. The van der Waals surface area contributed by atoms with E-state index in [2.05, 4.69) is 31.2 Å². The Bertz CT molecular complexity index is 1250. The number of hydrogen-bond donors (Lipinski definition) is 4. The summed E-state index contributed by atoms with van der Waals surface area (Å²) in [4.78, 5) is 34.6. The van der Waals surface area contributed by atoms with Gasteiger partial charge in [-0.05, 0) is 24.3 Å². The molecule has 10 nitrogen and oxygen atoms in total. The summed E-state index contributed by atoms with van der Waals surface area (Å²) in [5.41, 5.74) is 2.45. The van der Waals surface area contributed by atoms with Crippen LogP contribution in [0.25, 0.3) is 0 Å². The number of carbonyl (C=O) groups is 2. The summed E-state index contributed by atoms with van der Waals surface area (Å²) < 4.78 is 5.52. The molecule has 2 heterocycles. The summed E-state index contributed by atoms with van der Waals surface area (Å²) >= 11 is 8.17. The third-order valence-corrected chi connectivity index (χ3v) is 6.45. The average Bonchev–Trinajstić information content (AvgIpc) is 2.88. The first-order chi connectivity index (χ1) is 17.4. The zero-order chi connectivity index (χ0) is 25.5. The smallest absolute Gasteiger partial charge is 0.321 e. The first-order valence-electron chi connectivity index (χ1n) is 11.2. The minimum absolute atomic E-state index is 0.130. The van der Waals surface area contributed by atoms with E-state index in [0.29, 0.717) is 39.3 Å². The van der Waals surface area contributed by atoms with Crippen LogP contribution in [0.3, 0.4) is 0 Å². The lowest BCUT2D eigenvalue weighted by Gasteiger charge is -2.26. The van der Waals surface area contributed by atoms with E-state index in [9.17, 15) is 9.59 Å². The number of methoxy groups -OCH3 is 1. The van der Waals surface area contributed by atoms with Crippen molar-refractivity contribution in [3.63, 3.8) is 0 Å². The van der Waals surface area contributed by atoms with Crippen molar-refractivity contribution in [1.82, 2.24) is 14.9 Å². The lowest BCUT2D eigenvalue weighted by atomic mass is 10.2. The van der Waals surface area contributed by atoms with Gasteiger partial charge in [-0.2, -0.15) is 16.7 Å². The number of halogens is 1. The van der Waals surface area contributed by atoms with Gasteiger partial charge in [0.05, 0.1) is 30.4 Å². The van der Waals surface area contributed by atoms with Gasteiger partial charge < -0.3 is 30.9 Å². The molecule has 0 aliphatic carbocycles. The molecule has 4 N–H and O–H groups in total. The van der Waals surface area contributed by atoms with Crippen LogP contribution < -0.4 is 26.0 Å². The van der Waals surface area contributed by atoms with Gasteiger partial charge >= 0.3 is 6.03 Å². The van der Waals surface area contributed by atoms with Crippen LogP contribution in [0.15, 0.2) is 48.7 Å². The molecule has 1 aliphatic rings. The van der Waals surface area contributed by atoms with Crippen LogP contribution in [-0.4, -0.2) is 58.5 Å². The number of hydrogen-bond acceptors (Lipinski definition) is 8. The number of benzene rings is 2. The Morgan fingerprint density at radius 1 is 1.03 bits per heavy atom. The molecule has 0 radical (unpaired) electrons. The Hall–Kier alpha value is -3.70. The van der Waals surface area contributed by atoms with Gasteiger partial charge in [-0.1, -0.05) is 23.7 Å². The van der Waals surface area contributed by atoms with Crippen LogP contribution in [0.5, 0.6) is 5.75 Å². The number of rotatable bonds is 7. The number of aromatic nitrogens is 2. The van der Waals surface area contributed by atoms with Crippen LogP contribution >= 0.6 is 23.4 Å². The molecule has 1 aromatic heterocycles. The molecule has 1 saturated heterocycles. The van der Waals surface area contributed by atoms with Gasteiger partial charge in [-0.3, -0.25) is 4.79 Å². The van der Waals surface area contributed by atoms with Gasteiger partial charge in [-0.25, -0.2) is 9.78 Å². The van der Waals surface area contributed by atoms with Crippen LogP contribution in [0.4, 0.5) is 39.3 Å². The van der Waals surface area contributed by atoms with Crippen LogP contribution in [0.2, 0.25) is 5.02 Å². The van der Waals surface area contributed by atoms with E-state index in [-0.39, 0.29) is 17.9 Å². The number of nitrogens with one attached hydrogen (secondary N) is 4. The lowest BCUT2D eigenvalue weighted by molar-refractivity contribution is -0.114. The molecule has 4 rings (SSSR count). The van der Waals surface area contributed by atoms with Gasteiger partial charge in [0, 0.05) is 43.3 Å². The fourth-order valence-electron chi connectivity index (χ4n) is 3.50. The molecular weight excluding hydrogens is 502 g/mol. The number of amides is 3. The predicted octanol–water partition coefficient (Wildman–Crippen LogP) is 5.16. The number of thioether (sulfide) groups is 1. The Balaban J connectivity index is 1.50. The lowest BCUT2D eigenvalue weighted by Crippen LogP contribution is -2.40. The highest BCUT2D eigenvalue weighted by Gasteiger charge is 2.17. The highest BCUT2D eigenvalue weighted by molar-refractivity contribution is 7.99. The van der Waals surface area contributed by atoms with Gasteiger partial charge in [0.1, 0.15) is 10.8 Å². The Morgan fingerprint density at radius 3 is 2.50 bits per heavy atom. The van der Waals surface area contributed by atoms with Crippen molar-refractivity contribution < 1.29 is 14.3 Å². The van der Waals surface area contributed by atoms with Crippen molar-refractivity contribution in [2.24, 2.45) is 0 Å². The third kappa shape index (κ3) is 6.49. The van der Waals surface area contributed by atoms with E-state index < -0.39 is 0 Å². The Morgan fingerprint density at radius 2 is 1.78 bits per heavy atom. The van der Waals surface area contributed by atoms with Crippen molar-refractivity contribution in [2.75, 3.05) is 53.0 Å². The molecular formula is C24H26ClN7O3S. The topological polar surface area (TPSA) is 121 Å². The molecule has 2 aromatic carbocycles. The van der Waals surface area contributed by atoms with E-state index in [1.807, 2.05) is 23.9 Å². The van der Waals surface area contributed by atoms with E-state index in [1.54, 1.807) is 42.3 Å². The molecule has 1 fully saturated rings. The summed E-state index contributed by atoms with van der Waals surface area (Å²) in [6.45, 7) is 2.90. The van der Waals surface area contributed by atoms with Crippen molar-refractivity contribution in [1.29, 1.82) is 0 Å². The largest absolute Gasteiger partial charge is 0.494 e. The van der Waals surface area contributed by atoms with Gasteiger partial charge in [0.25, 0.3) is 0 Å². The second kappa shape index (κ2) is 11.8. The van der Waals surface area contributed by atoms with Gasteiger partial charge in [-0.15, -0.1) is 0 Å². The van der Waals surface area contributed by atoms with Crippen LogP contribution in [0.1, 0.15) is 6.92 Å². The molecule has 3 aromatic rings. The minimum atomic E-state index is -0.193. The number of para-hydroxylation sites is 2. The summed E-state index contributed by atoms with van der Waals surface area (Å²) in [5, 5.41) is 12.3. The van der Waals surface area contributed by atoms with Crippen molar-refractivity contribution in [3.8, 4) is 5.75 Å². The van der Waals surface area contributed by atoms with Gasteiger partial charge in [0.15, 0.2) is 5.82 Å². The predicted molar refractivity (Wildman–Crippen MR) is 145 cm³/mol. The summed E-state index contributed by atoms with van der Waals surface area (Å²) in [6.07, 6.45) is 1.47. The van der Waals surface area contributed by atoms with Crippen molar-refractivity contribution in [3.05, 3.63) is 53.7 Å². The molecule has 12 heteroatoms. The Labute approximate surface area is 218 Å². The van der Waals surface area contributed by atoms with E-state index >= 15 is 0 Å². The molecule has 0 spiro atoms. The molecule has 36 heavy (non-hydrogen) atoms. The first kappa shape index (κ1) is 25.4. The van der Waals surface area contributed by atoms with Gasteiger partial charge in [0.2, 0.25) is 11.9 Å². The molecule has 0 bridgehead atoms. The Kier molecular flexibility index (Phi) is 8.34. The maximum absolute atomic E-state index is 12.5. The van der Waals surface area contributed by atoms with Crippen LogP contribution in [0, 0.1) is 0 Å². The number of nitrogens with zero attached hydrogens (tertiary/aromatic N) is 3. The highest BCUT2D eigenvalue weighted by Crippen LogP contribution is 2.32. The SMILES string of the molecule is COc1cc(NC(=O)N2CCSCC2)ccc1Nc1ncc(Cl)c(Nc2ccccc2NC(C)=O)n1. The number of anilines is 6. The fraction of sp³-hybridized carbons (Fsp3) is 0.250. The maximum atomic E-state index is 12.5. The van der Waals surface area contributed by atoms with E-state index in [1.165, 1.54) is 13.1 Å². The van der Waals surface area contributed by atoms with Crippen molar-refractivity contribution >= 4 is 69.8 Å². The second-order valence-corrected chi connectivity index (χ2v) is 9.44.